The van der Waals surface area contributed by atoms with Gasteiger partial charge in [0.15, 0.2) is 0 Å². The average molecular weight is 294 g/mol. The van der Waals surface area contributed by atoms with Crippen LogP contribution in [0.25, 0.3) is 0 Å². The van der Waals surface area contributed by atoms with E-state index in [1.165, 1.54) is 16.8 Å². The molecule has 0 saturated heterocycles. The third kappa shape index (κ3) is 1.88. The molecule has 2 aliphatic carbocycles. The molecule has 4 rings (SSSR count). The first-order chi connectivity index (χ1) is 10.5. The summed E-state index contributed by atoms with van der Waals surface area (Å²) in [6.45, 7) is 6.72. The fourth-order valence-corrected chi connectivity index (χ4v) is 4.30. The molecular formula is C19H22N2O. The molecule has 1 saturated carbocycles. The van der Waals surface area contributed by atoms with E-state index in [4.69, 9.17) is 0 Å². The minimum Gasteiger partial charge on any atom is -0.273 e. The van der Waals surface area contributed by atoms with Gasteiger partial charge in [-0.1, -0.05) is 44.2 Å². The van der Waals surface area contributed by atoms with Crippen LogP contribution in [0.3, 0.4) is 0 Å². The Kier molecular flexibility index (Phi) is 2.84. The van der Waals surface area contributed by atoms with Crippen molar-refractivity contribution in [2.45, 2.75) is 46.0 Å². The Morgan fingerprint density at radius 1 is 1.32 bits per heavy atom. The highest BCUT2D eigenvalue weighted by molar-refractivity contribution is 5.80. The van der Waals surface area contributed by atoms with Crippen molar-refractivity contribution in [2.75, 3.05) is 0 Å². The number of hydrogen-bond donors (Lipinski definition) is 0. The van der Waals surface area contributed by atoms with Crippen LogP contribution in [0.4, 0.5) is 0 Å². The summed E-state index contributed by atoms with van der Waals surface area (Å²) in [5.41, 5.74) is 5.22. The van der Waals surface area contributed by atoms with E-state index in [9.17, 15) is 4.79 Å². The number of hydrogen-bond acceptors (Lipinski definition) is 2. The summed E-state index contributed by atoms with van der Waals surface area (Å²) in [5, 5.41) is 4.55. The van der Waals surface area contributed by atoms with Gasteiger partial charge >= 0.3 is 0 Å². The van der Waals surface area contributed by atoms with Crippen molar-refractivity contribution in [3.05, 3.63) is 52.8 Å². The average Bonchev–Trinajstić information content (AvgIpc) is 2.86. The molecule has 1 heterocycles. The van der Waals surface area contributed by atoms with E-state index in [0.29, 0.717) is 23.7 Å². The highest BCUT2D eigenvalue weighted by atomic mass is 16.2. The monoisotopic (exact) mass is 294 g/mol. The first-order valence-corrected chi connectivity index (χ1v) is 8.15. The maximum atomic E-state index is 12.6. The Morgan fingerprint density at radius 2 is 2.05 bits per heavy atom. The molecule has 1 fully saturated rings. The molecular weight excluding hydrogens is 272 g/mol. The fourth-order valence-electron chi connectivity index (χ4n) is 4.30. The molecule has 1 aromatic carbocycles. The van der Waals surface area contributed by atoms with Crippen LogP contribution in [0, 0.1) is 18.3 Å². The van der Waals surface area contributed by atoms with Crippen LogP contribution in [0.1, 0.15) is 53.5 Å². The summed E-state index contributed by atoms with van der Waals surface area (Å²) >= 11 is 0. The quantitative estimate of drug-likeness (QED) is 0.864. The maximum Gasteiger partial charge on any atom is 0.247 e. The second kappa shape index (κ2) is 4.55. The normalized spacial score (nSPS) is 24.0. The summed E-state index contributed by atoms with van der Waals surface area (Å²) < 4.78 is 1.70. The molecule has 1 aromatic heterocycles. The van der Waals surface area contributed by atoms with Gasteiger partial charge in [0.1, 0.15) is 0 Å². The van der Waals surface area contributed by atoms with E-state index in [1.54, 1.807) is 4.68 Å². The molecule has 3 nitrogen and oxygen atoms in total. The molecule has 0 bridgehead atoms. The van der Waals surface area contributed by atoms with E-state index in [0.717, 1.165) is 18.5 Å². The van der Waals surface area contributed by atoms with E-state index < -0.39 is 0 Å². The molecule has 0 aliphatic heterocycles. The van der Waals surface area contributed by atoms with E-state index in [1.807, 2.05) is 18.2 Å². The van der Waals surface area contributed by atoms with Gasteiger partial charge in [0.2, 0.25) is 5.91 Å². The highest BCUT2D eigenvalue weighted by Gasteiger charge is 2.63. The van der Waals surface area contributed by atoms with Crippen molar-refractivity contribution in [1.82, 2.24) is 9.78 Å². The smallest absolute Gasteiger partial charge is 0.247 e. The fraction of sp³-hybridized carbons (Fsp3) is 0.474. The number of benzene rings is 1. The Morgan fingerprint density at radius 3 is 2.77 bits per heavy atom. The SMILES string of the molecule is Cc1nn(C(=O)CCc2ccccc2)c2c1[C@H]1[C@@H](C2)C1(C)C. The third-order valence-corrected chi connectivity index (χ3v) is 5.69. The van der Waals surface area contributed by atoms with Crippen molar-refractivity contribution in [2.24, 2.45) is 11.3 Å². The minimum absolute atomic E-state index is 0.132. The van der Waals surface area contributed by atoms with Gasteiger partial charge in [0, 0.05) is 12.0 Å². The second-order valence-electron chi connectivity index (χ2n) is 7.35. The first-order valence-electron chi connectivity index (χ1n) is 8.15. The lowest BCUT2D eigenvalue weighted by atomic mass is 9.98. The zero-order chi connectivity index (χ0) is 15.5. The van der Waals surface area contributed by atoms with Gasteiger partial charge in [0.05, 0.1) is 11.4 Å². The van der Waals surface area contributed by atoms with Crippen LogP contribution in [-0.2, 0) is 12.8 Å². The molecule has 3 heteroatoms. The number of nitrogens with zero attached hydrogens (tertiary/aromatic N) is 2. The lowest BCUT2D eigenvalue weighted by Crippen LogP contribution is -2.17. The molecule has 0 radical (unpaired) electrons. The van der Waals surface area contributed by atoms with Gasteiger partial charge in [-0.3, -0.25) is 4.79 Å². The first kappa shape index (κ1) is 13.7. The number of aromatic nitrogens is 2. The standard InChI is InChI=1S/C19H22N2O/c1-12-17-15(11-14-18(17)19(14,2)3)21(20-12)16(22)10-9-13-7-5-4-6-8-13/h4-8,14,18H,9-11H2,1-3H3/t14-,18-/m1/s1. The Bertz CT molecular complexity index is 742. The summed E-state index contributed by atoms with van der Waals surface area (Å²) in [5.74, 6) is 1.47. The molecule has 22 heavy (non-hydrogen) atoms. The predicted octanol–water partition coefficient (Wildman–Crippen LogP) is 3.76. The lowest BCUT2D eigenvalue weighted by molar-refractivity contribution is 0.0882. The highest BCUT2D eigenvalue weighted by Crippen LogP contribution is 2.70. The molecule has 2 atom stereocenters. The van der Waals surface area contributed by atoms with Crippen molar-refractivity contribution in [3.8, 4) is 0 Å². The van der Waals surface area contributed by atoms with Crippen molar-refractivity contribution < 1.29 is 4.79 Å². The van der Waals surface area contributed by atoms with Gasteiger partial charge in [0.25, 0.3) is 0 Å². The zero-order valence-electron chi connectivity index (χ0n) is 13.5. The Hall–Kier alpha value is -1.90. The Balaban J connectivity index is 1.54. The van der Waals surface area contributed by atoms with Gasteiger partial charge in [-0.05, 0) is 42.6 Å². The van der Waals surface area contributed by atoms with Crippen LogP contribution in [0.2, 0.25) is 0 Å². The number of fused-ring (bicyclic) bond motifs is 3. The van der Waals surface area contributed by atoms with E-state index in [2.05, 4.69) is 38.0 Å². The van der Waals surface area contributed by atoms with Crippen molar-refractivity contribution >= 4 is 5.91 Å². The van der Waals surface area contributed by atoms with Gasteiger partial charge < -0.3 is 0 Å². The minimum atomic E-state index is 0.132. The predicted molar refractivity (Wildman–Crippen MR) is 86.1 cm³/mol. The van der Waals surface area contributed by atoms with Crippen molar-refractivity contribution in [3.63, 3.8) is 0 Å². The van der Waals surface area contributed by atoms with Crippen LogP contribution in [0.15, 0.2) is 30.3 Å². The number of rotatable bonds is 3. The van der Waals surface area contributed by atoms with E-state index >= 15 is 0 Å². The zero-order valence-corrected chi connectivity index (χ0v) is 13.5. The second-order valence-corrected chi connectivity index (χ2v) is 7.35. The number of carbonyl (C=O) groups is 1. The molecule has 0 spiro atoms. The molecule has 2 aliphatic rings. The Labute approximate surface area is 131 Å². The van der Waals surface area contributed by atoms with Crippen LogP contribution >= 0.6 is 0 Å². The largest absolute Gasteiger partial charge is 0.273 e. The molecule has 0 N–H and O–H groups in total. The summed E-state index contributed by atoms with van der Waals surface area (Å²) in [6, 6.07) is 10.2. The van der Waals surface area contributed by atoms with Crippen LogP contribution in [0.5, 0.6) is 0 Å². The summed E-state index contributed by atoms with van der Waals surface area (Å²) in [7, 11) is 0. The summed E-state index contributed by atoms with van der Waals surface area (Å²) in [4.78, 5) is 12.6. The molecule has 2 aromatic rings. The molecule has 0 amide bonds. The lowest BCUT2D eigenvalue weighted by Gasteiger charge is -2.10. The topological polar surface area (TPSA) is 34.9 Å². The van der Waals surface area contributed by atoms with E-state index in [-0.39, 0.29) is 5.91 Å². The van der Waals surface area contributed by atoms with Crippen LogP contribution in [-0.4, -0.2) is 15.7 Å². The summed E-state index contributed by atoms with van der Waals surface area (Å²) in [6.07, 6.45) is 2.33. The number of carbonyl (C=O) groups excluding carboxylic acids is 1. The maximum absolute atomic E-state index is 12.6. The molecule has 114 valence electrons. The molecule has 0 unspecified atom stereocenters. The van der Waals surface area contributed by atoms with Gasteiger partial charge in [-0.25, -0.2) is 4.68 Å². The third-order valence-electron chi connectivity index (χ3n) is 5.69. The number of aryl methyl sites for hydroxylation is 2. The van der Waals surface area contributed by atoms with Gasteiger partial charge in [-0.2, -0.15) is 5.10 Å². The van der Waals surface area contributed by atoms with Crippen molar-refractivity contribution in [1.29, 1.82) is 0 Å². The van der Waals surface area contributed by atoms with Crippen LogP contribution < -0.4 is 0 Å². The van der Waals surface area contributed by atoms with Gasteiger partial charge in [-0.15, -0.1) is 0 Å².